The Morgan fingerprint density at radius 2 is 0.527 bits per heavy atom. The lowest BCUT2D eigenvalue weighted by Crippen LogP contribution is -2.00. The Balaban J connectivity index is 1.02. The summed E-state index contributed by atoms with van der Waals surface area (Å²) in [4.78, 5) is 22.8. The Kier molecular flexibility index (Phi) is 12.8. The lowest BCUT2D eigenvalue weighted by molar-refractivity contribution is 1.32. The molecule has 18 aromatic rings. The third-order valence-electron chi connectivity index (χ3n) is 18.8. The molecule has 0 atom stereocenters. The minimum absolute atomic E-state index is 0.845. The Morgan fingerprint density at radius 3 is 0.935 bits per heavy atom. The van der Waals surface area contributed by atoms with Gasteiger partial charge < -0.3 is 15.0 Å². The number of nitrogens with one attached hydrogen (secondary N) is 3. The first kappa shape index (κ1) is 53.6. The minimum Gasteiger partial charge on any atom is -0.354 e. The van der Waals surface area contributed by atoms with Crippen LogP contribution in [0.15, 0.2) is 328 Å². The fourth-order valence-electron chi connectivity index (χ4n) is 14.3. The van der Waals surface area contributed by atoms with Gasteiger partial charge in [-0.05, 0) is 162 Å². The number of benzene rings is 13. The Bertz CT molecular complexity index is 5860. The van der Waals surface area contributed by atoms with Gasteiger partial charge in [0, 0.05) is 101 Å². The van der Waals surface area contributed by atoms with Gasteiger partial charge in [-0.2, -0.15) is 0 Å². The third-order valence-corrected chi connectivity index (χ3v) is 18.8. The van der Waals surface area contributed by atoms with E-state index in [-0.39, 0.29) is 0 Å². The molecule has 5 aromatic heterocycles. The highest BCUT2D eigenvalue weighted by molar-refractivity contribution is 6.22. The molecule has 0 amide bonds. The first-order valence-electron chi connectivity index (χ1n) is 31.7. The summed E-state index contributed by atoms with van der Waals surface area (Å²) in [5.74, 6) is 0. The maximum absolute atomic E-state index is 6.05. The van der Waals surface area contributed by atoms with Crippen LogP contribution in [0.3, 0.4) is 0 Å². The van der Waals surface area contributed by atoms with Crippen molar-refractivity contribution in [3.05, 3.63) is 328 Å². The molecule has 0 aliphatic carbocycles. The monoisotopic (exact) mass is 1180 g/mol. The van der Waals surface area contributed by atoms with Crippen molar-refractivity contribution >= 4 is 65.4 Å². The van der Waals surface area contributed by atoms with Gasteiger partial charge in [0.1, 0.15) is 0 Å². The maximum atomic E-state index is 6.05. The van der Waals surface area contributed by atoms with Crippen molar-refractivity contribution in [3.63, 3.8) is 0 Å². The van der Waals surface area contributed by atoms with Crippen molar-refractivity contribution in [1.29, 1.82) is 0 Å². The number of aromatic nitrogens is 5. The average molecular weight is 1180 g/mol. The lowest BCUT2D eigenvalue weighted by Gasteiger charge is -2.22. The summed E-state index contributed by atoms with van der Waals surface area (Å²) in [6.45, 7) is 0. The van der Waals surface area contributed by atoms with Gasteiger partial charge in [-0.3, -0.25) is 9.97 Å². The number of H-pyrrole nitrogens is 3. The van der Waals surface area contributed by atoms with E-state index >= 15 is 0 Å². The van der Waals surface area contributed by atoms with Gasteiger partial charge >= 0.3 is 0 Å². The fraction of sp³-hybridized carbons (Fsp3) is 0. The highest BCUT2D eigenvalue weighted by atomic mass is 14.8. The zero-order chi connectivity index (χ0) is 61.3. The molecule has 18 rings (SSSR count). The first-order chi connectivity index (χ1) is 46.1. The van der Waals surface area contributed by atoms with E-state index in [0.29, 0.717) is 0 Å². The van der Waals surface area contributed by atoms with Gasteiger partial charge in [-0.25, -0.2) is 0 Å². The van der Waals surface area contributed by atoms with Gasteiger partial charge in [-0.15, -0.1) is 0 Å². The summed E-state index contributed by atoms with van der Waals surface area (Å²) >= 11 is 0. The van der Waals surface area contributed by atoms with Crippen LogP contribution < -0.4 is 0 Å². The van der Waals surface area contributed by atoms with E-state index in [2.05, 4.69) is 329 Å². The van der Waals surface area contributed by atoms with Crippen molar-refractivity contribution in [3.8, 4) is 123 Å². The van der Waals surface area contributed by atoms with Crippen molar-refractivity contribution in [2.45, 2.75) is 0 Å². The third kappa shape index (κ3) is 9.41. The van der Waals surface area contributed by atoms with Crippen LogP contribution in [0, 0.1) is 0 Å². The highest BCUT2D eigenvalue weighted by Gasteiger charge is 2.28. The van der Waals surface area contributed by atoms with Crippen LogP contribution in [0.25, 0.3) is 188 Å². The molecular weight excluding hydrogens is 1130 g/mol. The molecule has 0 radical (unpaired) electrons. The van der Waals surface area contributed by atoms with E-state index in [4.69, 9.17) is 4.98 Å². The molecule has 93 heavy (non-hydrogen) atoms. The summed E-state index contributed by atoms with van der Waals surface area (Å²) in [6.07, 6.45) is 5.95. The van der Waals surface area contributed by atoms with E-state index in [1.54, 1.807) is 0 Å². The molecule has 5 heterocycles. The summed E-state index contributed by atoms with van der Waals surface area (Å²) in [5, 5.41) is 6.80. The molecular formula is C88H57N5. The Hall–Kier alpha value is -12.4. The SMILES string of the molecule is c1ccc(-c2ccc3[nH]c4c(-c5cnc(-c6cc(-c7ccccc7)cc7c6[nH]c6ccc(-c8ccccc8)cc67)c(-c6cc(-c7ccccc7)cc7c6[nH]c6ccc(-c8ccccc8)cc67)c5-c5ccc(-c6cccnc6)cc5)cc(-c5ccccc5)cc4c3c2)cc1. The maximum Gasteiger partial charge on any atom is 0.0809 e. The standard InChI is InChI=1S/C88H57N5/c1-7-20-55(21-8-1)63-37-40-80-70(44-63)73-47-67(58-26-13-4-14-27-58)50-76(85(73)91-80)79-54-90-88(78-52-69(60-30-17-6-18-31-60)49-75-72-46-65(57-24-11-3-12-25-57)39-42-82(72)93-87(75)78)84(83(79)62-35-33-61(34-36-62)66-32-19-43-89-53-66)77-51-68(59-28-15-5-16-29-59)48-74-71-45-64(56-22-9-2-10-23-56)38-41-81(71)92-86(74)77/h1-54,91-93H. The number of nitrogens with zero attached hydrogens (tertiary/aromatic N) is 2. The van der Waals surface area contributed by atoms with E-state index in [0.717, 1.165) is 171 Å². The highest BCUT2D eigenvalue weighted by Crippen LogP contribution is 2.52. The van der Waals surface area contributed by atoms with Crippen molar-refractivity contribution in [2.24, 2.45) is 0 Å². The molecule has 13 aromatic carbocycles. The molecule has 0 fully saturated rings. The first-order valence-corrected chi connectivity index (χ1v) is 31.7. The summed E-state index contributed by atoms with van der Waals surface area (Å²) < 4.78 is 0. The quantitative estimate of drug-likeness (QED) is 0.121. The van der Waals surface area contributed by atoms with Crippen LogP contribution in [0.5, 0.6) is 0 Å². The molecule has 0 aliphatic rings. The zero-order valence-electron chi connectivity index (χ0n) is 50.6. The van der Waals surface area contributed by atoms with Gasteiger partial charge in [0.2, 0.25) is 0 Å². The minimum atomic E-state index is 0.845. The largest absolute Gasteiger partial charge is 0.354 e. The summed E-state index contributed by atoms with van der Waals surface area (Å²) in [7, 11) is 0. The molecule has 0 unspecified atom stereocenters. The van der Waals surface area contributed by atoms with E-state index in [1.807, 2.05) is 18.5 Å². The molecule has 5 nitrogen and oxygen atoms in total. The predicted octanol–water partition coefficient (Wildman–Crippen LogP) is 23.7. The topological polar surface area (TPSA) is 73.2 Å². The number of hydrogen-bond acceptors (Lipinski definition) is 2. The fourth-order valence-corrected chi connectivity index (χ4v) is 14.3. The van der Waals surface area contributed by atoms with E-state index in [1.165, 1.54) is 16.7 Å². The van der Waals surface area contributed by atoms with Crippen LogP contribution in [-0.2, 0) is 0 Å². The molecule has 0 bridgehead atoms. The van der Waals surface area contributed by atoms with Gasteiger partial charge in [0.15, 0.2) is 0 Å². The van der Waals surface area contributed by atoms with Crippen LogP contribution in [0.4, 0.5) is 0 Å². The second-order valence-corrected chi connectivity index (χ2v) is 24.3. The van der Waals surface area contributed by atoms with Gasteiger partial charge in [-0.1, -0.05) is 231 Å². The number of hydrogen-bond donors (Lipinski definition) is 3. The molecule has 3 N–H and O–H groups in total. The summed E-state index contributed by atoms with van der Waals surface area (Å²) in [5.41, 5.74) is 29.9. The molecule has 5 heteroatoms. The average Bonchev–Trinajstić information content (AvgIpc) is 1.69. The second-order valence-electron chi connectivity index (χ2n) is 24.3. The van der Waals surface area contributed by atoms with Gasteiger partial charge in [0.05, 0.1) is 22.2 Å². The van der Waals surface area contributed by atoms with Crippen LogP contribution >= 0.6 is 0 Å². The smallest absolute Gasteiger partial charge is 0.0809 e. The zero-order valence-corrected chi connectivity index (χ0v) is 50.6. The second kappa shape index (κ2) is 22.2. The van der Waals surface area contributed by atoms with Crippen LogP contribution in [0.2, 0.25) is 0 Å². The number of aromatic amines is 3. The number of rotatable bonds is 11. The summed E-state index contributed by atoms with van der Waals surface area (Å²) in [6, 6.07) is 113. The van der Waals surface area contributed by atoms with E-state index in [9.17, 15) is 0 Å². The Morgan fingerprint density at radius 1 is 0.204 bits per heavy atom. The van der Waals surface area contributed by atoms with Crippen LogP contribution in [-0.4, -0.2) is 24.9 Å². The van der Waals surface area contributed by atoms with Crippen LogP contribution in [0.1, 0.15) is 0 Å². The van der Waals surface area contributed by atoms with Crippen molar-refractivity contribution in [1.82, 2.24) is 24.9 Å². The molecule has 434 valence electrons. The van der Waals surface area contributed by atoms with Gasteiger partial charge in [0.25, 0.3) is 0 Å². The van der Waals surface area contributed by atoms with Crippen molar-refractivity contribution in [2.75, 3.05) is 0 Å². The normalized spacial score (nSPS) is 11.7. The van der Waals surface area contributed by atoms with E-state index < -0.39 is 0 Å². The van der Waals surface area contributed by atoms with Crippen molar-refractivity contribution < 1.29 is 0 Å². The molecule has 0 saturated carbocycles. The molecule has 0 saturated heterocycles. The number of fused-ring (bicyclic) bond motifs is 9. The molecule has 0 spiro atoms. The molecule has 0 aliphatic heterocycles. The lowest BCUT2D eigenvalue weighted by atomic mass is 9.83. The predicted molar refractivity (Wildman–Crippen MR) is 390 cm³/mol. The Labute approximate surface area is 537 Å². The number of pyridine rings is 2.